The third-order valence-electron chi connectivity index (χ3n) is 2.71. The molecule has 2 rings (SSSR count). The number of allylic oxidation sites excluding steroid dienone is 1. The van der Waals surface area contributed by atoms with Crippen LogP contribution in [0.25, 0.3) is 0 Å². The van der Waals surface area contributed by atoms with Gasteiger partial charge < -0.3 is 5.32 Å². The van der Waals surface area contributed by atoms with Gasteiger partial charge in [0.15, 0.2) is 0 Å². The second-order valence-corrected chi connectivity index (χ2v) is 4.54. The summed E-state index contributed by atoms with van der Waals surface area (Å²) in [6, 6.07) is 0.763. The van der Waals surface area contributed by atoms with Crippen LogP contribution in [0.1, 0.15) is 25.7 Å². The van der Waals surface area contributed by atoms with E-state index in [1.54, 1.807) is 10.5 Å². The topological polar surface area (TPSA) is 12.0 Å². The van der Waals surface area contributed by atoms with Crippen LogP contribution < -0.4 is 5.32 Å². The summed E-state index contributed by atoms with van der Waals surface area (Å²) < 4.78 is 0. The van der Waals surface area contributed by atoms with E-state index in [9.17, 15) is 0 Å². The van der Waals surface area contributed by atoms with Gasteiger partial charge in [-0.05, 0) is 37.6 Å². The predicted molar refractivity (Wildman–Crippen MR) is 50.8 cm³/mol. The van der Waals surface area contributed by atoms with Gasteiger partial charge in [0.2, 0.25) is 0 Å². The molecule has 1 heterocycles. The zero-order valence-electron chi connectivity index (χ0n) is 7.02. The monoisotopic (exact) mass is 169 g/mol. The average molecular weight is 169 g/mol. The second-order valence-electron chi connectivity index (χ2n) is 3.35. The molecule has 0 spiro atoms. The normalized spacial score (nSPS) is 30.8. The maximum absolute atomic E-state index is 3.37. The van der Waals surface area contributed by atoms with Crippen molar-refractivity contribution in [3.63, 3.8) is 0 Å². The highest BCUT2D eigenvalue weighted by Crippen LogP contribution is 2.40. The Bertz CT molecular complexity index is 186. The molecule has 0 saturated heterocycles. The molecule has 0 aromatic rings. The minimum absolute atomic E-state index is 0.763. The molecular weight excluding hydrogens is 154 g/mol. The maximum Gasteiger partial charge on any atom is 0.0113 e. The number of hydrogen-bond donors (Lipinski definition) is 1. The Morgan fingerprint density at radius 2 is 2.36 bits per heavy atom. The summed E-state index contributed by atoms with van der Waals surface area (Å²) in [7, 11) is 2.08. The number of rotatable bonds is 1. The molecular formula is C9H15NS. The molecule has 0 radical (unpaired) electrons. The molecule has 1 unspecified atom stereocenters. The Morgan fingerprint density at radius 3 is 3.18 bits per heavy atom. The summed E-state index contributed by atoms with van der Waals surface area (Å²) in [6.07, 6.45) is 5.39. The SMILES string of the molecule is CNC1CCC2=C(C1)SCC2. The molecule has 0 saturated carbocycles. The van der Waals surface area contributed by atoms with Gasteiger partial charge in [-0.1, -0.05) is 5.57 Å². The lowest BCUT2D eigenvalue weighted by Crippen LogP contribution is -2.27. The highest BCUT2D eigenvalue weighted by atomic mass is 32.2. The van der Waals surface area contributed by atoms with E-state index in [4.69, 9.17) is 0 Å². The van der Waals surface area contributed by atoms with Crippen molar-refractivity contribution < 1.29 is 0 Å². The Kier molecular flexibility index (Phi) is 2.23. The van der Waals surface area contributed by atoms with Crippen LogP contribution in [0.2, 0.25) is 0 Å². The molecule has 2 heteroatoms. The fourth-order valence-electron chi connectivity index (χ4n) is 1.93. The first-order chi connectivity index (χ1) is 5.40. The molecule has 1 aliphatic heterocycles. The molecule has 0 fully saturated rings. The van der Waals surface area contributed by atoms with Gasteiger partial charge in [-0.2, -0.15) is 0 Å². The lowest BCUT2D eigenvalue weighted by atomic mass is 9.94. The fraction of sp³-hybridized carbons (Fsp3) is 0.778. The maximum atomic E-state index is 3.37. The Labute approximate surface area is 72.6 Å². The number of nitrogens with one attached hydrogen (secondary N) is 1. The van der Waals surface area contributed by atoms with Crippen molar-refractivity contribution in [2.45, 2.75) is 31.7 Å². The first-order valence-electron chi connectivity index (χ1n) is 4.41. The lowest BCUT2D eigenvalue weighted by molar-refractivity contribution is 0.501. The molecule has 11 heavy (non-hydrogen) atoms. The summed E-state index contributed by atoms with van der Waals surface area (Å²) in [5.74, 6) is 1.35. The van der Waals surface area contributed by atoms with Crippen LogP contribution in [0.15, 0.2) is 10.5 Å². The van der Waals surface area contributed by atoms with Crippen molar-refractivity contribution in [3.05, 3.63) is 10.5 Å². The highest BCUT2D eigenvalue weighted by Gasteiger charge is 2.23. The van der Waals surface area contributed by atoms with Gasteiger partial charge in [0.1, 0.15) is 0 Å². The summed E-state index contributed by atoms with van der Waals surface area (Å²) in [5.41, 5.74) is 1.77. The summed E-state index contributed by atoms with van der Waals surface area (Å²) >= 11 is 2.09. The van der Waals surface area contributed by atoms with Gasteiger partial charge in [0, 0.05) is 11.8 Å². The molecule has 2 aliphatic rings. The van der Waals surface area contributed by atoms with Crippen LogP contribution in [0.3, 0.4) is 0 Å². The average Bonchev–Trinajstić information content (AvgIpc) is 2.50. The first kappa shape index (κ1) is 7.69. The molecule has 1 N–H and O–H groups in total. The van der Waals surface area contributed by atoms with E-state index in [2.05, 4.69) is 24.1 Å². The molecule has 0 aromatic heterocycles. The van der Waals surface area contributed by atoms with E-state index in [0.29, 0.717) is 0 Å². The van der Waals surface area contributed by atoms with Crippen LogP contribution in [-0.2, 0) is 0 Å². The van der Waals surface area contributed by atoms with E-state index >= 15 is 0 Å². The van der Waals surface area contributed by atoms with Crippen molar-refractivity contribution in [1.82, 2.24) is 5.32 Å². The van der Waals surface area contributed by atoms with Gasteiger partial charge >= 0.3 is 0 Å². The first-order valence-corrected chi connectivity index (χ1v) is 5.39. The number of hydrogen-bond acceptors (Lipinski definition) is 2. The van der Waals surface area contributed by atoms with Gasteiger partial charge in [-0.15, -0.1) is 11.8 Å². The van der Waals surface area contributed by atoms with Crippen LogP contribution >= 0.6 is 11.8 Å². The quantitative estimate of drug-likeness (QED) is 0.645. The second kappa shape index (κ2) is 3.20. The summed E-state index contributed by atoms with van der Waals surface area (Å²) in [6.45, 7) is 0. The van der Waals surface area contributed by atoms with Gasteiger partial charge in [0.05, 0.1) is 0 Å². The summed E-state index contributed by atoms with van der Waals surface area (Å²) in [5, 5.41) is 3.37. The van der Waals surface area contributed by atoms with Crippen molar-refractivity contribution in [3.8, 4) is 0 Å². The van der Waals surface area contributed by atoms with E-state index in [0.717, 1.165) is 6.04 Å². The molecule has 1 atom stereocenters. The van der Waals surface area contributed by atoms with Crippen LogP contribution in [0, 0.1) is 0 Å². The van der Waals surface area contributed by atoms with Crippen molar-refractivity contribution in [2.24, 2.45) is 0 Å². The van der Waals surface area contributed by atoms with Gasteiger partial charge in [-0.3, -0.25) is 0 Å². The van der Waals surface area contributed by atoms with Crippen LogP contribution in [-0.4, -0.2) is 18.8 Å². The molecule has 0 amide bonds. The standard InChI is InChI=1S/C9H15NS/c1-10-8-3-2-7-4-5-11-9(7)6-8/h8,10H,2-6H2,1H3. The van der Waals surface area contributed by atoms with Crippen molar-refractivity contribution in [2.75, 3.05) is 12.8 Å². The van der Waals surface area contributed by atoms with E-state index in [1.807, 2.05) is 0 Å². The number of thioether (sulfide) groups is 1. The van der Waals surface area contributed by atoms with Crippen LogP contribution in [0.4, 0.5) is 0 Å². The largest absolute Gasteiger partial charge is 0.317 e. The van der Waals surface area contributed by atoms with E-state index < -0.39 is 0 Å². The van der Waals surface area contributed by atoms with Gasteiger partial charge in [0.25, 0.3) is 0 Å². The Hall–Kier alpha value is 0.0500. The molecule has 1 nitrogen and oxygen atoms in total. The smallest absolute Gasteiger partial charge is 0.0113 e. The highest BCUT2D eigenvalue weighted by molar-refractivity contribution is 8.03. The van der Waals surface area contributed by atoms with Crippen molar-refractivity contribution >= 4 is 11.8 Å². The van der Waals surface area contributed by atoms with Gasteiger partial charge in [-0.25, -0.2) is 0 Å². The minimum Gasteiger partial charge on any atom is -0.317 e. The molecule has 0 aromatic carbocycles. The predicted octanol–water partition coefficient (Wildman–Crippen LogP) is 2.15. The fourth-order valence-corrected chi connectivity index (χ4v) is 3.25. The molecule has 1 aliphatic carbocycles. The zero-order valence-corrected chi connectivity index (χ0v) is 7.84. The minimum atomic E-state index is 0.763. The summed E-state index contributed by atoms with van der Waals surface area (Å²) in [4.78, 5) is 1.70. The Morgan fingerprint density at radius 1 is 1.45 bits per heavy atom. The lowest BCUT2D eigenvalue weighted by Gasteiger charge is -2.22. The zero-order chi connectivity index (χ0) is 7.68. The molecule has 62 valence electrons. The van der Waals surface area contributed by atoms with E-state index in [1.165, 1.54) is 31.4 Å². The van der Waals surface area contributed by atoms with Crippen molar-refractivity contribution in [1.29, 1.82) is 0 Å². The Balaban J connectivity index is 2.05. The van der Waals surface area contributed by atoms with Crippen LogP contribution in [0.5, 0.6) is 0 Å². The third kappa shape index (κ3) is 1.47. The third-order valence-corrected chi connectivity index (χ3v) is 3.92. The molecule has 0 bridgehead atoms. The van der Waals surface area contributed by atoms with E-state index in [-0.39, 0.29) is 0 Å².